The first kappa shape index (κ1) is 9.93. The van der Waals surface area contributed by atoms with Crippen molar-refractivity contribution in [1.29, 1.82) is 0 Å². The predicted molar refractivity (Wildman–Crippen MR) is 62.5 cm³/mol. The fraction of sp³-hybridized carbons (Fsp3) is 0.500. The zero-order valence-electron chi connectivity index (χ0n) is 9.21. The molecular weight excluding hydrogens is 188 g/mol. The van der Waals surface area contributed by atoms with E-state index >= 15 is 0 Å². The summed E-state index contributed by atoms with van der Waals surface area (Å²) in [6.45, 7) is 6.83. The number of hydrogen-bond donors (Lipinski definition) is 0. The second kappa shape index (κ2) is 3.21. The molecule has 0 aliphatic carbocycles. The second-order valence-electron chi connectivity index (χ2n) is 5.15. The maximum atomic E-state index is 5.87. The topological polar surface area (TPSA) is 9.23 Å². The Bertz CT molecular complexity index is 320. The van der Waals surface area contributed by atoms with Crippen LogP contribution in [-0.2, 0) is 4.74 Å². The van der Waals surface area contributed by atoms with E-state index in [9.17, 15) is 0 Å². The first-order chi connectivity index (χ1) is 6.52. The zero-order valence-corrected chi connectivity index (χ0v) is 10.2. The molecule has 0 saturated carbocycles. The number of hydrogen-bond acceptors (Lipinski definition) is 1. The van der Waals surface area contributed by atoms with Gasteiger partial charge in [-0.25, -0.2) is 0 Å². The fourth-order valence-corrected chi connectivity index (χ4v) is 6.58. The van der Waals surface area contributed by atoms with Crippen LogP contribution in [0.5, 0.6) is 0 Å². The number of benzene rings is 1. The highest BCUT2D eigenvalue weighted by atomic mass is 28.3. The van der Waals surface area contributed by atoms with Gasteiger partial charge < -0.3 is 4.74 Å². The molecular formula is C12H18OSi. The van der Waals surface area contributed by atoms with E-state index in [0.717, 1.165) is 6.23 Å². The Balaban J connectivity index is 2.27. The summed E-state index contributed by atoms with van der Waals surface area (Å²) in [4.78, 5) is 0. The van der Waals surface area contributed by atoms with Crippen molar-refractivity contribution >= 4 is 13.3 Å². The molecule has 1 aliphatic heterocycles. The molecule has 14 heavy (non-hydrogen) atoms. The van der Waals surface area contributed by atoms with Crippen LogP contribution in [0, 0.1) is 0 Å². The monoisotopic (exact) mass is 206 g/mol. The van der Waals surface area contributed by atoms with Gasteiger partial charge in [-0.3, -0.25) is 0 Å². The largest absolute Gasteiger partial charge is 0.379 e. The van der Waals surface area contributed by atoms with Crippen LogP contribution in [0.2, 0.25) is 12.6 Å². The Kier molecular flexibility index (Phi) is 2.28. The molecule has 1 saturated heterocycles. The van der Waals surface area contributed by atoms with Gasteiger partial charge in [0.1, 0.15) is 8.07 Å². The molecule has 0 spiro atoms. The van der Waals surface area contributed by atoms with Crippen molar-refractivity contribution in [3.8, 4) is 0 Å². The molecule has 1 fully saturated rings. The summed E-state index contributed by atoms with van der Waals surface area (Å²) >= 11 is 0. The molecule has 1 aliphatic rings. The standard InChI is InChI=1S/C12H18OSi/c1-12(2)9-14(3,10-13-12)11-7-5-4-6-8-11/h4-8H,9-10H2,1-3H3. The smallest absolute Gasteiger partial charge is 0.115 e. The van der Waals surface area contributed by atoms with Crippen molar-refractivity contribution in [3.63, 3.8) is 0 Å². The molecule has 1 aromatic carbocycles. The van der Waals surface area contributed by atoms with Gasteiger partial charge in [-0.2, -0.15) is 0 Å². The van der Waals surface area contributed by atoms with Crippen LogP contribution in [0.1, 0.15) is 13.8 Å². The Morgan fingerprint density at radius 1 is 1.21 bits per heavy atom. The summed E-state index contributed by atoms with van der Waals surface area (Å²) < 4.78 is 5.87. The van der Waals surface area contributed by atoms with Crippen LogP contribution in [-0.4, -0.2) is 19.9 Å². The fourth-order valence-electron chi connectivity index (χ4n) is 2.42. The summed E-state index contributed by atoms with van der Waals surface area (Å²) in [5.41, 5.74) is 0.0941. The minimum atomic E-state index is -1.32. The third-order valence-corrected chi connectivity index (χ3v) is 7.21. The van der Waals surface area contributed by atoms with Crippen LogP contribution in [0.25, 0.3) is 0 Å². The van der Waals surface area contributed by atoms with Crippen molar-refractivity contribution in [3.05, 3.63) is 30.3 Å². The molecule has 0 amide bonds. The van der Waals surface area contributed by atoms with Gasteiger partial charge in [0.25, 0.3) is 0 Å². The molecule has 1 atom stereocenters. The van der Waals surface area contributed by atoms with E-state index in [-0.39, 0.29) is 5.60 Å². The molecule has 0 radical (unpaired) electrons. The lowest BCUT2D eigenvalue weighted by Gasteiger charge is -2.21. The van der Waals surface area contributed by atoms with E-state index in [4.69, 9.17) is 4.74 Å². The normalized spacial score (nSPS) is 30.5. The highest BCUT2D eigenvalue weighted by Crippen LogP contribution is 2.31. The molecule has 1 heterocycles. The lowest BCUT2D eigenvalue weighted by atomic mass is 10.2. The first-order valence-corrected chi connectivity index (χ1v) is 8.13. The third kappa shape index (κ3) is 1.77. The van der Waals surface area contributed by atoms with Gasteiger partial charge in [0, 0.05) is 6.23 Å². The maximum absolute atomic E-state index is 5.87. The maximum Gasteiger partial charge on any atom is 0.115 e. The SMILES string of the molecule is CC1(C)C[Si](C)(c2ccccc2)CO1. The molecule has 2 rings (SSSR count). The van der Waals surface area contributed by atoms with Crippen molar-refractivity contribution in [2.75, 3.05) is 6.23 Å². The molecule has 1 aromatic rings. The van der Waals surface area contributed by atoms with E-state index in [1.807, 2.05) is 0 Å². The molecule has 1 unspecified atom stereocenters. The lowest BCUT2D eigenvalue weighted by Crippen LogP contribution is -2.46. The van der Waals surface area contributed by atoms with Crippen molar-refractivity contribution in [2.45, 2.75) is 32.0 Å². The number of rotatable bonds is 1. The van der Waals surface area contributed by atoms with Crippen molar-refractivity contribution in [2.24, 2.45) is 0 Å². The summed E-state index contributed by atoms with van der Waals surface area (Å²) in [6, 6.07) is 12.1. The summed E-state index contributed by atoms with van der Waals surface area (Å²) in [5.74, 6) is 0. The van der Waals surface area contributed by atoms with Gasteiger partial charge in [0.2, 0.25) is 0 Å². The molecule has 0 N–H and O–H groups in total. The van der Waals surface area contributed by atoms with Crippen LogP contribution in [0.3, 0.4) is 0 Å². The Labute approximate surface area is 87.1 Å². The molecule has 1 nitrogen and oxygen atoms in total. The van der Waals surface area contributed by atoms with Crippen LogP contribution in [0.15, 0.2) is 30.3 Å². The van der Waals surface area contributed by atoms with Crippen LogP contribution >= 0.6 is 0 Å². The summed E-state index contributed by atoms with van der Waals surface area (Å²) in [7, 11) is -1.32. The van der Waals surface area contributed by atoms with E-state index < -0.39 is 8.07 Å². The lowest BCUT2D eigenvalue weighted by molar-refractivity contribution is 0.0452. The Hall–Kier alpha value is -0.603. The van der Waals surface area contributed by atoms with Gasteiger partial charge in [-0.05, 0) is 19.9 Å². The van der Waals surface area contributed by atoms with E-state index in [0.29, 0.717) is 0 Å². The molecule has 2 heteroatoms. The van der Waals surface area contributed by atoms with Crippen LogP contribution < -0.4 is 5.19 Å². The van der Waals surface area contributed by atoms with Gasteiger partial charge in [0.05, 0.1) is 5.60 Å². The Morgan fingerprint density at radius 2 is 1.86 bits per heavy atom. The average Bonchev–Trinajstić information content (AvgIpc) is 2.44. The summed E-state index contributed by atoms with van der Waals surface area (Å²) in [6.07, 6.45) is 0.976. The van der Waals surface area contributed by atoms with Gasteiger partial charge in [0.15, 0.2) is 0 Å². The molecule has 0 aromatic heterocycles. The van der Waals surface area contributed by atoms with E-state index in [1.54, 1.807) is 0 Å². The highest BCUT2D eigenvalue weighted by molar-refractivity contribution is 6.91. The van der Waals surface area contributed by atoms with Crippen molar-refractivity contribution in [1.82, 2.24) is 0 Å². The molecule has 76 valence electrons. The number of ether oxygens (including phenoxy) is 1. The van der Waals surface area contributed by atoms with Gasteiger partial charge in [-0.15, -0.1) is 0 Å². The van der Waals surface area contributed by atoms with E-state index in [2.05, 4.69) is 50.7 Å². The zero-order chi connectivity index (χ0) is 10.2. The second-order valence-corrected chi connectivity index (χ2v) is 9.49. The van der Waals surface area contributed by atoms with E-state index in [1.165, 1.54) is 11.2 Å². The third-order valence-electron chi connectivity index (χ3n) is 3.07. The molecule has 0 bridgehead atoms. The predicted octanol–water partition coefficient (Wildman–Crippen LogP) is 2.32. The van der Waals surface area contributed by atoms with Crippen LogP contribution in [0.4, 0.5) is 0 Å². The first-order valence-electron chi connectivity index (χ1n) is 5.21. The quantitative estimate of drug-likeness (QED) is 0.641. The Morgan fingerprint density at radius 3 is 2.36 bits per heavy atom. The highest BCUT2D eigenvalue weighted by Gasteiger charge is 2.43. The summed E-state index contributed by atoms with van der Waals surface area (Å²) in [5, 5.41) is 1.53. The van der Waals surface area contributed by atoms with Gasteiger partial charge in [-0.1, -0.05) is 42.1 Å². The minimum Gasteiger partial charge on any atom is -0.379 e. The van der Waals surface area contributed by atoms with Crippen molar-refractivity contribution < 1.29 is 4.74 Å². The average molecular weight is 206 g/mol. The van der Waals surface area contributed by atoms with Gasteiger partial charge >= 0.3 is 0 Å². The minimum absolute atomic E-state index is 0.0941.